The summed E-state index contributed by atoms with van der Waals surface area (Å²) < 4.78 is 29.0. The fourth-order valence-electron chi connectivity index (χ4n) is 3.39. The van der Waals surface area contributed by atoms with Crippen molar-refractivity contribution in [3.63, 3.8) is 0 Å². The largest absolute Gasteiger partial charge is 0.310 e. The van der Waals surface area contributed by atoms with Crippen LogP contribution in [-0.2, 0) is 14.8 Å². The van der Waals surface area contributed by atoms with E-state index in [9.17, 15) is 13.2 Å². The first kappa shape index (κ1) is 20.7. The highest BCUT2D eigenvalue weighted by Gasteiger charge is 2.27. The summed E-state index contributed by atoms with van der Waals surface area (Å²) in [4.78, 5) is 14.8. The van der Waals surface area contributed by atoms with Crippen molar-refractivity contribution in [2.75, 3.05) is 16.2 Å². The molecule has 7 heteroatoms. The van der Waals surface area contributed by atoms with E-state index in [1.165, 1.54) is 6.92 Å². The monoisotopic (exact) mass is 418 g/mol. The van der Waals surface area contributed by atoms with Gasteiger partial charge in [-0.2, -0.15) is 0 Å². The maximum absolute atomic E-state index is 13.1. The van der Waals surface area contributed by atoms with Gasteiger partial charge in [0.15, 0.2) is 0 Å². The Balaban J connectivity index is 2.03. The summed E-state index contributed by atoms with van der Waals surface area (Å²) in [5.74, 6) is 0.101. The lowest BCUT2D eigenvalue weighted by atomic mass is 9.99. The molecule has 2 aromatic rings. The second-order valence-corrected chi connectivity index (χ2v) is 10.6. The number of benzene rings is 2. The van der Waals surface area contributed by atoms with Crippen LogP contribution < -0.4 is 9.62 Å². The average molecular weight is 419 g/mol. The van der Waals surface area contributed by atoms with E-state index in [0.29, 0.717) is 17.9 Å². The number of thioether (sulfide) groups is 1. The number of fused-ring (bicyclic) bond motifs is 1. The van der Waals surface area contributed by atoms with Crippen LogP contribution in [0.4, 0.5) is 11.4 Å². The molecular formula is C21H26N2O3S2. The summed E-state index contributed by atoms with van der Waals surface area (Å²) in [5.41, 5.74) is 3.12. The van der Waals surface area contributed by atoms with Crippen LogP contribution in [0.25, 0.3) is 0 Å². The normalized spacial score (nSPS) is 16.8. The number of rotatable bonds is 4. The van der Waals surface area contributed by atoms with Gasteiger partial charge in [-0.3, -0.25) is 9.52 Å². The predicted molar refractivity (Wildman–Crippen MR) is 116 cm³/mol. The second-order valence-electron chi connectivity index (χ2n) is 7.49. The zero-order chi connectivity index (χ0) is 20.6. The molecule has 0 unspecified atom stereocenters. The Kier molecular flexibility index (Phi) is 5.77. The molecule has 1 N–H and O–H groups in total. The minimum absolute atomic E-state index is 0.0862. The Hall–Kier alpha value is -1.99. The van der Waals surface area contributed by atoms with Crippen molar-refractivity contribution in [1.29, 1.82) is 0 Å². The highest BCUT2D eigenvalue weighted by Crippen LogP contribution is 2.40. The molecule has 1 aliphatic heterocycles. The van der Waals surface area contributed by atoms with E-state index < -0.39 is 10.0 Å². The lowest BCUT2D eigenvalue weighted by molar-refractivity contribution is -0.116. The van der Waals surface area contributed by atoms with E-state index in [1.54, 1.807) is 34.9 Å². The molecule has 0 aromatic heterocycles. The number of carbonyl (C=O) groups excluding carboxylic acids is 1. The molecule has 0 bridgehead atoms. The smallest absolute Gasteiger partial charge is 0.261 e. The van der Waals surface area contributed by atoms with Crippen LogP contribution in [0.2, 0.25) is 0 Å². The summed E-state index contributed by atoms with van der Waals surface area (Å²) in [6.07, 6.45) is 0. The van der Waals surface area contributed by atoms with E-state index in [1.807, 2.05) is 39.0 Å². The van der Waals surface area contributed by atoms with Crippen molar-refractivity contribution in [2.45, 2.75) is 55.6 Å². The molecule has 5 nitrogen and oxygen atoms in total. The van der Waals surface area contributed by atoms with E-state index in [2.05, 4.69) is 11.6 Å². The standard InChI is InChI=1S/C21H26N2O3S2/c1-13(2)18-8-6-7-14(3)21(18)22-28(25,26)17-9-10-20-19(11-17)23(16(5)24)12-15(4)27-20/h6-11,13,15,22H,12H2,1-5H3/t15-/m0/s1. The number of hydrogen-bond acceptors (Lipinski definition) is 4. The van der Waals surface area contributed by atoms with Gasteiger partial charge in [-0.05, 0) is 42.2 Å². The molecule has 0 fully saturated rings. The fourth-order valence-corrected chi connectivity index (χ4v) is 5.66. The van der Waals surface area contributed by atoms with Gasteiger partial charge in [-0.1, -0.05) is 39.0 Å². The summed E-state index contributed by atoms with van der Waals surface area (Å²) in [6, 6.07) is 10.8. The van der Waals surface area contributed by atoms with Crippen molar-refractivity contribution in [3.05, 3.63) is 47.5 Å². The second kappa shape index (κ2) is 7.79. The third kappa shape index (κ3) is 4.05. The Morgan fingerprint density at radius 1 is 1.25 bits per heavy atom. The van der Waals surface area contributed by atoms with Crippen molar-refractivity contribution in [2.24, 2.45) is 0 Å². The molecule has 0 saturated heterocycles. The molecule has 1 aliphatic rings. The molecule has 1 heterocycles. The maximum Gasteiger partial charge on any atom is 0.261 e. The van der Waals surface area contributed by atoms with E-state index in [4.69, 9.17) is 0 Å². The highest BCUT2D eigenvalue weighted by atomic mass is 32.2. The maximum atomic E-state index is 13.1. The number of nitrogens with one attached hydrogen (secondary N) is 1. The van der Waals surface area contributed by atoms with Crippen molar-refractivity contribution < 1.29 is 13.2 Å². The molecular weight excluding hydrogens is 392 g/mol. The zero-order valence-electron chi connectivity index (χ0n) is 16.8. The van der Waals surface area contributed by atoms with Gasteiger partial charge < -0.3 is 4.90 Å². The van der Waals surface area contributed by atoms with Gasteiger partial charge in [-0.15, -0.1) is 11.8 Å². The lowest BCUT2D eigenvalue weighted by Gasteiger charge is -2.32. The quantitative estimate of drug-likeness (QED) is 0.777. The van der Waals surface area contributed by atoms with Crippen molar-refractivity contribution >= 4 is 39.1 Å². The number of amides is 1. The molecule has 0 aliphatic carbocycles. The van der Waals surface area contributed by atoms with E-state index in [-0.39, 0.29) is 22.0 Å². The summed E-state index contributed by atoms with van der Waals surface area (Å²) in [5, 5.41) is 0.262. The van der Waals surface area contributed by atoms with Crippen LogP contribution in [0.3, 0.4) is 0 Å². The first-order chi connectivity index (χ1) is 13.1. The summed E-state index contributed by atoms with van der Waals surface area (Å²) >= 11 is 1.66. The molecule has 1 amide bonds. The van der Waals surface area contributed by atoms with E-state index in [0.717, 1.165) is 16.0 Å². The molecule has 1 atom stereocenters. The number of anilines is 2. The molecule has 2 aromatic carbocycles. The van der Waals surface area contributed by atoms with Gasteiger partial charge in [0.1, 0.15) is 0 Å². The third-order valence-electron chi connectivity index (χ3n) is 4.84. The molecule has 0 spiro atoms. The fraction of sp³-hybridized carbons (Fsp3) is 0.381. The molecule has 3 rings (SSSR count). The third-order valence-corrected chi connectivity index (χ3v) is 7.34. The van der Waals surface area contributed by atoms with Gasteiger partial charge >= 0.3 is 0 Å². The van der Waals surface area contributed by atoms with Gasteiger partial charge in [0.2, 0.25) is 5.91 Å². The summed E-state index contributed by atoms with van der Waals surface area (Å²) in [6.45, 7) is 10.1. The zero-order valence-corrected chi connectivity index (χ0v) is 18.4. The van der Waals surface area contributed by atoms with Gasteiger partial charge in [0.05, 0.1) is 16.3 Å². The topological polar surface area (TPSA) is 66.5 Å². The number of aryl methyl sites for hydroxylation is 1. The summed E-state index contributed by atoms with van der Waals surface area (Å²) in [7, 11) is -3.79. The van der Waals surface area contributed by atoms with E-state index >= 15 is 0 Å². The highest BCUT2D eigenvalue weighted by molar-refractivity contribution is 8.00. The van der Waals surface area contributed by atoms with Crippen LogP contribution in [0.15, 0.2) is 46.2 Å². The molecule has 28 heavy (non-hydrogen) atoms. The Labute approximate surface area is 171 Å². The minimum atomic E-state index is -3.79. The molecule has 0 radical (unpaired) electrons. The van der Waals surface area contributed by atoms with Crippen LogP contribution in [0.5, 0.6) is 0 Å². The van der Waals surface area contributed by atoms with Gasteiger partial charge in [0.25, 0.3) is 10.0 Å². The van der Waals surface area contributed by atoms with Gasteiger partial charge in [0, 0.05) is 23.6 Å². The van der Waals surface area contributed by atoms with Crippen molar-refractivity contribution in [1.82, 2.24) is 0 Å². The Bertz CT molecular complexity index is 1020. The minimum Gasteiger partial charge on any atom is -0.310 e. The number of carbonyl (C=O) groups is 1. The number of para-hydroxylation sites is 1. The Morgan fingerprint density at radius 3 is 2.61 bits per heavy atom. The predicted octanol–water partition coefficient (Wildman–Crippen LogP) is 4.77. The average Bonchev–Trinajstić information content (AvgIpc) is 2.61. The molecule has 0 saturated carbocycles. The first-order valence-corrected chi connectivity index (χ1v) is 11.7. The molecule has 150 valence electrons. The number of sulfonamides is 1. The first-order valence-electron chi connectivity index (χ1n) is 9.31. The van der Waals surface area contributed by atoms with Crippen LogP contribution in [-0.4, -0.2) is 26.1 Å². The van der Waals surface area contributed by atoms with Crippen LogP contribution in [0, 0.1) is 6.92 Å². The Morgan fingerprint density at radius 2 is 1.96 bits per heavy atom. The van der Waals surface area contributed by atoms with Crippen LogP contribution in [0.1, 0.15) is 44.7 Å². The SMILES string of the molecule is CC(=O)N1C[C@H](C)Sc2ccc(S(=O)(=O)Nc3c(C)cccc3C(C)C)cc21. The lowest BCUT2D eigenvalue weighted by Crippen LogP contribution is -2.37. The van der Waals surface area contributed by atoms with Gasteiger partial charge in [-0.25, -0.2) is 8.42 Å². The van der Waals surface area contributed by atoms with Crippen molar-refractivity contribution in [3.8, 4) is 0 Å². The number of nitrogens with zero attached hydrogens (tertiary/aromatic N) is 1. The number of hydrogen-bond donors (Lipinski definition) is 1. The van der Waals surface area contributed by atoms with Crippen LogP contribution >= 0.6 is 11.8 Å².